The third-order valence-electron chi connectivity index (χ3n) is 3.76. The highest BCUT2D eigenvalue weighted by Gasteiger charge is 2.13. The van der Waals surface area contributed by atoms with Gasteiger partial charge in [-0.05, 0) is 23.3 Å². The van der Waals surface area contributed by atoms with E-state index in [1.165, 1.54) is 23.5 Å². The molecule has 0 atom stereocenters. The fourth-order valence-electron chi connectivity index (χ4n) is 2.35. The molecule has 3 nitrogen and oxygen atoms in total. The van der Waals surface area contributed by atoms with Crippen LogP contribution in [0.4, 0.5) is 0 Å². The first kappa shape index (κ1) is 18.4. The van der Waals surface area contributed by atoms with Crippen LogP contribution in [0.15, 0.2) is 87.4 Å². The van der Waals surface area contributed by atoms with Gasteiger partial charge in [-0.1, -0.05) is 60.7 Å². The van der Waals surface area contributed by atoms with Crippen molar-refractivity contribution in [1.29, 1.82) is 0 Å². The maximum absolute atomic E-state index is 12.4. The topological polar surface area (TPSA) is 57.5 Å². The Labute approximate surface area is 160 Å². The van der Waals surface area contributed by atoms with Gasteiger partial charge >= 0.3 is 0 Å². The Morgan fingerprint density at radius 1 is 0.615 bits per heavy atom. The maximum atomic E-state index is 12.4. The Hall–Kier alpha value is -2.37. The van der Waals surface area contributed by atoms with Crippen LogP contribution in [0.1, 0.15) is 11.1 Å². The van der Waals surface area contributed by atoms with E-state index < -0.39 is 11.2 Å². The predicted octanol–water partition coefficient (Wildman–Crippen LogP) is 5.04. The minimum atomic E-state index is -0.596. The molecule has 0 saturated carbocycles. The summed E-state index contributed by atoms with van der Waals surface area (Å²) in [5, 5.41) is 20.4. The lowest BCUT2D eigenvalue weighted by atomic mass is 10.2. The predicted molar refractivity (Wildman–Crippen MR) is 108 cm³/mol. The molecule has 3 rings (SSSR count). The summed E-state index contributed by atoms with van der Waals surface area (Å²) in [6.45, 7) is 0. The number of hydrogen-bond acceptors (Lipinski definition) is 5. The third kappa shape index (κ3) is 4.62. The molecule has 0 fully saturated rings. The average Bonchev–Trinajstić information content (AvgIpc) is 2.79. The second-order valence-electron chi connectivity index (χ2n) is 5.64. The minimum absolute atomic E-state index is 0.359. The van der Waals surface area contributed by atoms with E-state index in [4.69, 9.17) is 0 Å². The van der Waals surface area contributed by atoms with Crippen LogP contribution in [0, 0.1) is 0 Å². The van der Waals surface area contributed by atoms with E-state index in [0.29, 0.717) is 21.3 Å². The van der Waals surface area contributed by atoms with Crippen LogP contribution >= 0.6 is 23.5 Å². The van der Waals surface area contributed by atoms with Gasteiger partial charge in [0.25, 0.3) is 0 Å². The van der Waals surface area contributed by atoms with Crippen molar-refractivity contribution in [3.05, 3.63) is 94.1 Å². The largest absolute Gasteiger partial charge is 0.503 e. The number of hydrogen-bond donors (Lipinski definition) is 2. The first-order valence-corrected chi connectivity index (χ1v) is 10.0. The summed E-state index contributed by atoms with van der Waals surface area (Å²) in [6, 6.07) is 23.0. The summed E-state index contributed by atoms with van der Waals surface area (Å²) in [5.74, 6) is 0.300. The highest BCUT2D eigenvalue weighted by Crippen LogP contribution is 2.36. The molecule has 3 aromatic rings. The lowest BCUT2D eigenvalue weighted by molar-refractivity contribution is 0.393. The summed E-state index contributed by atoms with van der Waals surface area (Å²) in [7, 11) is 0. The number of thioether (sulfide) groups is 2. The summed E-state index contributed by atoms with van der Waals surface area (Å²) in [5.41, 5.74) is 1.64. The zero-order valence-corrected chi connectivity index (χ0v) is 15.6. The molecule has 26 heavy (non-hydrogen) atoms. The summed E-state index contributed by atoms with van der Waals surface area (Å²) < 4.78 is 0. The molecule has 0 bridgehead atoms. The number of aromatic hydroxyl groups is 2. The quantitative estimate of drug-likeness (QED) is 0.585. The molecular formula is C21H18O3S2. The van der Waals surface area contributed by atoms with Crippen LogP contribution < -0.4 is 5.43 Å². The first-order chi connectivity index (χ1) is 12.6. The second kappa shape index (κ2) is 8.83. The van der Waals surface area contributed by atoms with Gasteiger partial charge in [-0.2, -0.15) is 0 Å². The van der Waals surface area contributed by atoms with Crippen molar-refractivity contribution in [3.8, 4) is 11.5 Å². The molecule has 0 unspecified atom stereocenters. The Morgan fingerprint density at radius 3 is 1.62 bits per heavy atom. The van der Waals surface area contributed by atoms with Crippen LogP contribution in [0.25, 0.3) is 0 Å². The molecule has 0 aliphatic heterocycles. The third-order valence-corrected chi connectivity index (χ3v) is 5.99. The van der Waals surface area contributed by atoms with Crippen molar-refractivity contribution in [2.24, 2.45) is 0 Å². The van der Waals surface area contributed by atoms with E-state index in [9.17, 15) is 15.0 Å². The first-order valence-electron chi connectivity index (χ1n) is 8.08. The lowest BCUT2D eigenvalue weighted by Gasteiger charge is -2.02. The van der Waals surface area contributed by atoms with E-state index in [0.717, 1.165) is 11.1 Å². The van der Waals surface area contributed by atoms with Gasteiger partial charge in [-0.3, -0.25) is 4.79 Å². The van der Waals surface area contributed by atoms with Gasteiger partial charge in [-0.25, -0.2) is 0 Å². The average molecular weight is 383 g/mol. The molecule has 2 N–H and O–H groups in total. The monoisotopic (exact) mass is 382 g/mol. The number of rotatable bonds is 6. The van der Waals surface area contributed by atoms with Gasteiger partial charge in [0, 0.05) is 11.5 Å². The molecule has 0 saturated heterocycles. The highest BCUT2D eigenvalue weighted by atomic mass is 32.2. The standard InChI is InChI=1S/C21H18O3S2/c22-19-17(25-13-15-7-3-1-4-8-15)11-12-18(20(23)21(19)24)26-14-16-9-5-2-6-10-16/h1-12H,13-14H2,(H2,22,23,24). The van der Waals surface area contributed by atoms with Crippen molar-refractivity contribution in [1.82, 2.24) is 0 Å². The molecular weight excluding hydrogens is 364 g/mol. The molecule has 3 aromatic carbocycles. The van der Waals surface area contributed by atoms with Crippen LogP contribution in [0.3, 0.4) is 0 Å². The lowest BCUT2D eigenvalue weighted by Crippen LogP contribution is -1.99. The molecule has 0 aromatic heterocycles. The van der Waals surface area contributed by atoms with Gasteiger partial charge in [0.2, 0.25) is 11.2 Å². The molecule has 5 heteroatoms. The van der Waals surface area contributed by atoms with E-state index in [2.05, 4.69) is 0 Å². The van der Waals surface area contributed by atoms with E-state index in [1.54, 1.807) is 12.1 Å². The van der Waals surface area contributed by atoms with Crippen molar-refractivity contribution >= 4 is 23.5 Å². The zero-order chi connectivity index (χ0) is 18.4. The van der Waals surface area contributed by atoms with Crippen LogP contribution in [-0.4, -0.2) is 10.2 Å². The van der Waals surface area contributed by atoms with Gasteiger partial charge in [0.1, 0.15) is 0 Å². The summed E-state index contributed by atoms with van der Waals surface area (Å²) >= 11 is 2.73. The Morgan fingerprint density at radius 2 is 1.08 bits per heavy atom. The molecule has 0 aliphatic rings. The van der Waals surface area contributed by atoms with Crippen molar-refractivity contribution in [3.63, 3.8) is 0 Å². The van der Waals surface area contributed by atoms with Crippen molar-refractivity contribution in [2.45, 2.75) is 21.3 Å². The SMILES string of the molecule is O=c1c(SCc2ccccc2)ccc(SCc2ccccc2)c(O)c1O. The van der Waals surface area contributed by atoms with E-state index in [1.807, 2.05) is 60.7 Å². The molecule has 0 heterocycles. The molecule has 0 amide bonds. The van der Waals surface area contributed by atoms with Gasteiger partial charge in [-0.15, -0.1) is 23.5 Å². The minimum Gasteiger partial charge on any atom is -0.503 e. The fraction of sp³-hybridized carbons (Fsp3) is 0.0952. The Bertz CT molecular complexity index is 929. The van der Waals surface area contributed by atoms with Gasteiger partial charge < -0.3 is 10.2 Å². The molecule has 0 spiro atoms. The smallest absolute Gasteiger partial charge is 0.237 e. The normalized spacial score (nSPS) is 10.6. The molecule has 0 radical (unpaired) electrons. The molecule has 0 aliphatic carbocycles. The Kier molecular flexibility index (Phi) is 6.26. The van der Waals surface area contributed by atoms with Crippen molar-refractivity contribution < 1.29 is 10.2 Å². The summed E-state index contributed by atoms with van der Waals surface area (Å²) in [4.78, 5) is 13.3. The van der Waals surface area contributed by atoms with E-state index in [-0.39, 0.29) is 5.75 Å². The van der Waals surface area contributed by atoms with Crippen molar-refractivity contribution in [2.75, 3.05) is 0 Å². The molecule has 132 valence electrons. The fourth-order valence-corrected chi connectivity index (χ4v) is 4.17. The van der Waals surface area contributed by atoms with Crippen LogP contribution in [0.5, 0.6) is 11.5 Å². The zero-order valence-electron chi connectivity index (χ0n) is 14.0. The highest BCUT2D eigenvalue weighted by molar-refractivity contribution is 7.99. The number of benzene rings is 2. The Balaban J connectivity index is 1.81. The maximum Gasteiger partial charge on any atom is 0.237 e. The van der Waals surface area contributed by atoms with Crippen LogP contribution in [0.2, 0.25) is 0 Å². The summed E-state index contributed by atoms with van der Waals surface area (Å²) in [6.07, 6.45) is 0. The van der Waals surface area contributed by atoms with Gasteiger partial charge in [0.15, 0.2) is 5.75 Å². The van der Waals surface area contributed by atoms with Gasteiger partial charge in [0.05, 0.1) is 9.79 Å². The second-order valence-corrected chi connectivity index (χ2v) is 7.67. The van der Waals surface area contributed by atoms with E-state index >= 15 is 0 Å². The van der Waals surface area contributed by atoms with Crippen LogP contribution in [-0.2, 0) is 11.5 Å².